The number of ketones is 1. The highest BCUT2D eigenvalue weighted by Crippen LogP contribution is 2.25. The van der Waals surface area contributed by atoms with Crippen LogP contribution in [-0.2, 0) is 11.3 Å². The zero-order valence-corrected chi connectivity index (χ0v) is 16.5. The van der Waals surface area contributed by atoms with E-state index in [0.29, 0.717) is 22.8 Å². The molecular formula is C22H17ClN2O5. The van der Waals surface area contributed by atoms with Crippen LogP contribution in [0.5, 0.6) is 0 Å². The molecule has 0 unspecified atom stereocenters. The van der Waals surface area contributed by atoms with Crippen LogP contribution >= 0.6 is 11.6 Å². The van der Waals surface area contributed by atoms with Crippen molar-refractivity contribution in [3.05, 3.63) is 105 Å². The lowest BCUT2D eigenvalue weighted by atomic mass is 10.1. The van der Waals surface area contributed by atoms with Gasteiger partial charge in [-0.05, 0) is 17.7 Å². The summed E-state index contributed by atoms with van der Waals surface area (Å²) < 4.78 is 5.12. The number of carbonyl (C=O) groups excluding carboxylic acids is 2. The summed E-state index contributed by atoms with van der Waals surface area (Å²) in [6, 6.07) is 19.4. The molecule has 0 aliphatic rings. The van der Waals surface area contributed by atoms with Gasteiger partial charge in [-0.1, -0.05) is 60.1 Å². The van der Waals surface area contributed by atoms with Crippen LogP contribution in [-0.4, -0.2) is 23.3 Å². The molecule has 0 radical (unpaired) electrons. The molecule has 0 fully saturated rings. The van der Waals surface area contributed by atoms with E-state index in [1.165, 1.54) is 12.1 Å². The lowest BCUT2D eigenvalue weighted by molar-refractivity contribution is -0.384. The van der Waals surface area contributed by atoms with E-state index in [-0.39, 0.29) is 17.0 Å². The van der Waals surface area contributed by atoms with Crippen LogP contribution in [0.1, 0.15) is 26.3 Å². The van der Waals surface area contributed by atoms with Gasteiger partial charge in [0.2, 0.25) is 0 Å². The molecule has 0 saturated heterocycles. The topological polar surface area (TPSA) is 98.5 Å². The van der Waals surface area contributed by atoms with Gasteiger partial charge in [0, 0.05) is 35.0 Å². The lowest BCUT2D eigenvalue weighted by Gasteiger charge is -2.12. The van der Waals surface area contributed by atoms with Crippen molar-refractivity contribution in [1.29, 1.82) is 0 Å². The number of ether oxygens (including phenoxy) is 1. The van der Waals surface area contributed by atoms with Crippen molar-refractivity contribution < 1.29 is 19.2 Å². The molecule has 0 aliphatic heterocycles. The minimum absolute atomic E-state index is 0.0443. The number of halogens is 1. The average Bonchev–Trinajstić information content (AvgIpc) is 2.77. The molecule has 0 aliphatic carbocycles. The monoisotopic (exact) mass is 424 g/mol. The summed E-state index contributed by atoms with van der Waals surface area (Å²) in [4.78, 5) is 35.3. The van der Waals surface area contributed by atoms with E-state index in [9.17, 15) is 19.7 Å². The number of nitro benzene ring substituents is 1. The van der Waals surface area contributed by atoms with Crippen LogP contribution in [0, 0.1) is 10.1 Å². The van der Waals surface area contributed by atoms with E-state index in [2.05, 4.69) is 5.32 Å². The summed E-state index contributed by atoms with van der Waals surface area (Å²) in [7, 11) is 0. The SMILES string of the molecule is O=C(COC(=O)c1cc([N+](=O)[O-])ccc1NCc1ccccc1Cl)c1ccccc1. The van der Waals surface area contributed by atoms with Crippen molar-refractivity contribution >= 4 is 34.7 Å². The lowest BCUT2D eigenvalue weighted by Crippen LogP contribution is -2.16. The zero-order valence-electron chi connectivity index (χ0n) is 15.7. The normalized spacial score (nSPS) is 10.3. The number of anilines is 1. The first kappa shape index (κ1) is 21.0. The standard InChI is InChI=1S/C22H17ClN2O5/c23-19-9-5-4-8-16(19)13-24-20-11-10-17(25(28)29)12-18(20)22(27)30-14-21(26)15-6-2-1-3-7-15/h1-12,24H,13-14H2. The maximum absolute atomic E-state index is 12.6. The first-order valence-electron chi connectivity index (χ1n) is 8.97. The molecular weight excluding hydrogens is 408 g/mol. The fourth-order valence-electron chi connectivity index (χ4n) is 2.72. The van der Waals surface area contributed by atoms with Crippen molar-refractivity contribution in [2.45, 2.75) is 6.54 Å². The summed E-state index contributed by atoms with van der Waals surface area (Å²) in [6.07, 6.45) is 0. The summed E-state index contributed by atoms with van der Waals surface area (Å²) >= 11 is 6.14. The molecule has 0 spiro atoms. The molecule has 30 heavy (non-hydrogen) atoms. The maximum atomic E-state index is 12.6. The molecule has 3 aromatic carbocycles. The Hall–Kier alpha value is -3.71. The first-order chi connectivity index (χ1) is 14.5. The van der Waals surface area contributed by atoms with Gasteiger partial charge < -0.3 is 10.1 Å². The van der Waals surface area contributed by atoms with Gasteiger partial charge in [0.1, 0.15) is 0 Å². The van der Waals surface area contributed by atoms with E-state index in [1.54, 1.807) is 42.5 Å². The van der Waals surface area contributed by atoms with Crippen LogP contribution in [0.15, 0.2) is 72.8 Å². The van der Waals surface area contributed by atoms with E-state index >= 15 is 0 Å². The zero-order chi connectivity index (χ0) is 21.5. The first-order valence-corrected chi connectivity index (χ1v) is 9.34. The highest BCUT2D eigenvalue weighted by Gasteiger charge is 2.19. The average molecular weight is 425 g/mol. The number of Topliss-reactive ketones (excluding diaryl/α,β-unsaturated/α-hetero) is 1. The quantitative estimate of drug-likeness (QED) is 0.239. The van der Waals surface area contributed by atoms with Crippen LogP contribution in [0.25, 0.3) is 0 Å². The number of carbonyl (C=O) groups is 2. The molecule has 0 heterocycles. The van der Waals surface area contributed by atoms with Crippen molar-refractivity contribution in [1.82, 2.24) is 0 Å². The van der Waals surface area contributed by atoms with Gasteiger partial charge in [0.25, 0.3) is 5.69 Å². The third-order valence-corrected chi connectivity index (χ3v) is 4.66. The van der Waals surface area contributed by atoms with Gasteiger partial charge in [-0.3, -0.25) is 14.9 Å². The van der Waals surface area contributed by atoms with Crippen LogP contribution < -0.4 is 5.32 Å². The number of rotatable bonds is 8. The van der Waals surface area contributed by atoms with Gasteiger partial charge in [-0.2, -0.15) is 0 Å². The Morgan fingerprint density at radius 1 is 1.00 bits per heavy atom. The molecule has 152 valence electrons. The number of nitrogens with zero attached hydrogens (tertiary/aromatic N) is 1. The Kier molecular flexibility index (Phi) is 6.77. The molecule has 1 N–H and O–H groups in total. The fourth-order valence-corrected chi connectivity index (χ4v) is 2.92. The Morgan fingerprint density at radius 2 is 1.70 bits per heavy atom. The Balaban J connectivity index is 1.77. The van der Waals surface area contributed by atoms with E-state index in [1.807, 2.05) is 12.1 Å². The highest BCUT2D eigenvalue weighted by atomic mass is 35.5. The largest absolute Gasteiger partial charge is 0.454 e. The smallest absolute Gasteiger partial charge is 0.340 e. The third-order valence-electron chi connectivity index (χ3n) is 4.29. The fraction of sp³-hybridized carbons (Fsp3) is 0.0909. The second-order valence-electron chi connectivity index (χ2n) is 6.30. The van der Waals surface area contributed by atoms with Gasteiger partial charge in [0.05, 0.1) is 10.5 Å². The number of hydrogen-bond acceptors (Lipinski definition) is 6. The highest BCUT2D eigenvalue weighted by molar-refractivity contribution is 6.31. The van der Waals surface area contributed by atoms with E-state index in [4.69, 9.17) is 16.3 Å². The minimum atomic E-state index is -0.843. The second-order valence-corrected chi connectivity index (χ2v) is 6.70. The number of nitro groups is 1. The molecule has 8 heteroatoms. The summed E-state index contributed by atoms with van der Waals surface area (Å²) in [5, 5.41) is 14.7. The number of nitrogens with one attached hydrogen (secondary N) is 1. The Labute approximate surface area is 177 Å². The van der Waals surface area contributed by atoms with Crippen molar-refractivity contribution in [3.63, 3.8) is 0 Å². The van der Waals surface area contributed by atoms with Crippen LogP contribution in [0.2, 0.25) is 5.02 Å². The Bertz CT molecular complexity index is 1090. The van der Waals surface area contributed by atoms with Gasteiger partial charge in [-0.15, -0.1) is 0 Å². The molecule has 0 aromatic heterocycles. The summed E-state index contributed by atoms with van der Waals surface area (Å²) in [5.74, 6) is -1.22. The van der Waals surface area contributed by atoms with Crippen molar-refractivity contribution in [3.8, 4) is 0 Å². The minimum Gasteiger partial charge on any atom is -0.454 e. The van der Waals surface area contributed by atoms with E-state index in [0.717, 1.165) is 11.6 Å². The van der Waals surface area contributed by atoms with Crippen molar-refractivity contribution in [2.75, 3.05) is 11.9 Å². The predicted molar refractivity (Wildman–Crippen MR) is 113 cm³/mol. The van der Waals surface area contributed by atoms with Gasteiger partial charge in [-0.25, -0.2) is 4.79 Å². The maximum Gasteiger partial charge on any atom is 0.340 e. The van der Waals surface area contributed by atoms with Crippen LogP contribution in [0.4, 0.5) is 11.4 Å². The molecule has 7 nitrogen and oxygen atoms in total. The van der Waals surface area contributed by atoms with Gasteiger partial charge in [0.15, 0.2) is 12.4 Å². The number of esters is 1. The molecule has 3 aromatic rings. The Morgan fingerprint density at radius 3 is 2.40 bits per heavy atom. The molecule has 0 atom stereocenters. The summed E-state index contributed by atoms with van der Waals surface area (Å²) in [5.41, 5.74) is 1.21. The number of hydrogen-bond donors (Lipinski definition) is 1. The molecule has 3 rings (SSSR count). The third kappa shape index (κ3) is 5.21. The number of benzene rings is 3. The number of non-ortho nitro benzene ring substituents is 1. The second kappa shape index (κ2) is 9.67. The van der Waals surface area contributed by atoms with Crippen LogP contribution in [0.3, 0.4) is 0 Å². The predicted octanol–water partition coefficient (Wildman–Crippen LogP) is 4.90. The van der Waals surface area contributed by atoms with E-state index < -0.39 is 17.5 Å². The molecule has 0 bridgehead atoms. The molecule has 0 saturated carbocycles. The molecule has 0 amide bonds. The summed E-state index contributed by atoms with van der Waals surface area (Å²) in [6.45, 7) is -0.184. The van der Waals surface area contributed by atoms with Gasteiger partial charge >= 0.3 is 5.97 Å². The van der Waals surface area contributed by atoms with Crippen molar-refractivity contribution in [2.24, 2.45) is 0 Å².